The van der Waals surface area contributed by atoms with Crippen LogP contribution in [-0.2, 0) is 18.3 Å². The molecule has 1 amide bonds. The lowest BCUT2D eigenvalue weighted by Crippen LogP contribution is -2.41. The number of hydrogen-bond acceptors (Lipinski definition) is 7. The molecule has 2 heterocycles. The quantitative estimate of drug-likeness (QED) is 0.0948. The van der Waals surface area contributed by atoms with Crippen LogP contribution in [0.4, 0.5) is 0 Å². The van der Waals surface area contributed by atoms with Crippen LogP contribution in [-0.4, -0.2) is 70.9 Å². The first kappa shape index (κ1) is 34.9. The Morgan fingerprint density at radius 3 is 2.42 bits per heavy atom. The van der Waals surface area contributed by atoms with Gasteiger partial charge in [-0.25, -0.2) is 0 Å². The number of aryl methyl sites for hydroxylation is 1. The maximum Gasteiger partial charge on any atom is 0.251 e. The molecule has 0 radical (unpaired) electrons. The molecule has 9 nitrogen and oxygen atoms in total. The van der Waals surface area contributed by atoms with Crippen molar-refractivity contribution in [3.8, 4) is 11.5 Å². The van der Waals surface area contributed by atoms with Gasteiger partial charge in [-0.05, 0) is 111 Å². The van der Waals surface area contributed by atoms with E-state index < -0.39 is 6.10 Å². The highest BCUT2D eigenvalue weighted by Crippen LogP contribution is 2.45. The molecule has 0 spiro atoms. The standard InChI is InChI=1S/C41H46N4O5/c1-45-23-19-41(20-24-45,31-10-3-2-4-11-31)34-26-28(12-15-35(34)46)8-6-21-43-40(50)30-9-5-7-29(25-30)18-22-42-27-37(48)32-13-16-36(47)39-33(32)14-17-38(49)44-39/h2-5,7,9-17,25-26,37,42,46-48H,6,8,18-24,27H2,1H3,(H,43,50)(H,44,49)/t37-/m0/s1. The molecule has 9 heteroatoms. The van der Waals surface area contributed by atoms with Crippen molar-refractivity contribution < 1.29 is 20.1 Å². The molecule has 5 aromatic rings. The fourth-order valence-corrected chi connectivity index (χ4v) is 7.19. The number of aromatic hydroxyl groups is 2. The van der Waals surface area contributed by atoms with Crippen LogP contribution < -0.4 is 16.2 Å². The lowest BCUT2D eigenvalue weighted by molar-refractivity contribution is 0.0953. The summed E-state index contributed by atoms with van der Waals surface area (Å²) in [6.45, 7) is 3.34. The zero-order chi connectivity index (χ0) is 35.1. The van der Waals surface area contributed by atoms with Crippen molar-refractivity contribution in [1.29, 1.82) is 0 Å². The number of pyridine rings is 1. The molecule has 0 saturated carbocycles. The first-order valence-electron chi connectivity index (χ1n) is 17.4. The molecule has 260 valence electrons. The second-order valence-corrected chi connectivity index (χ2v) is 13.4. The summed E-state index contributed by atoms with van der Waals surface area (Å²) in [5.74, 6) is 0.177. The number of rotatable bonds is 13. The van der Waals surface area contributed by atoms with Gasteiger partial charge in [0, 0.05) is 41.1 Å². The van der Waals surface area contributed by atoms with Gasteiger partial charge in [-0.3, -0.25) is 9.59 Å². The van der Waals surface area contributed by atoms with Gasteiger partial charge in [-0.15, -0.1) is 0 Å². The Kier molecular flexibility index (Phi) is 11.0. The number of aliphatic hydroxyl groups excluding tert-OH is 1. The van der Waals surface area contributed by atoms with Gasteiger partial charge in [0.2, 0.25) is 5.56 Å². The number of piperidine rings is 1. The van der Waals surface area contributed by atoms with Crippen molar-refractivity contribution in [3.63, 3.8) is 0 Å². The summed E-state index contributed by atoms with van der Waals surface area (Å²) in [7, 11) is 2.15. The van der Waals surface area contributed by atoms with Gasteiger partial charge >= 0.3 is 0 Å². The van der Waals surface area contributed by atoms with Gasteiger partial charge in [0.25, 0.3) is 5.91 Å². The van der Waals surface area contributed by atoms with E-state index >= 15 is 0 Å². The smallest absolute Gasteiger partial charge is 0.251 e. The van der Waals surface area contributed by atoms with Crippen molar-refractivity contribution in [3.05, 3.63) is 141 Å². The Labute approximate surface area is 292 Å². The van der Waals surface area contributed by atoms with Crippen LogP contribution in [0.2, 0.25) is 0 Å². The van der Waals surface area contributed by atoms with E-state index in [0.29, 0.717) is 47.3 Å². The molecule has 1 aliphatic rings. The van der Waals surface area contributed by atoms with Crippen molar-refractivity contribution in [2.45, 2.75) is 43.6 Å². The predicted octanol–water partition coefficient (Wildman–Crippen LogP) is 5.18. The Morgan fingerprint density at radius 2 is 1.62 bits per heavy atom. The van der Waals surface area contributed by atoms with E-state index in [1.54, 1.807) is 12.1 Å². The van der Waals surface area contributed by atoms with Gasteiger partial charge < -0.3 is 35.8 Å². The van der Waals surface area contributed by atoms with Crippen LogP contribution >= 0.6 is 0 Å². The fraction of sp³-hybridized carbons (Fsp3) is 0.317. The van der Waals surface area contributed by atoms with Crippen LogP contribution in [0.25, 0.3) is 10.9 Å². The topological polar surface area (TPSA) is 138 Å². The summed E-state index contributed by atoms with van der Waals surface area (Å²) in [6.07, 6.45) is 3.27. The number of phenolic OH excluding ortho intramolecular Hbond substituents is 2. The molecule has 4 aromatic carbocycles. The van der Waals surface area contributed by atoms with E-state index in [1.807, 2.05) is 42.5 Å². The maximum atomic E-state index is 13.0. The summed E-state index contributed by atoms with van der Waals surface area (Å²) < 4.78 is 0. The van der Waals surface area contributed by atoms with Gasteiger partial charge in [0.05, 0.1) is 11.6 Å². The van der Waals surface area contributed by atoms with Crippen LogP contribution in [0, 0.1) is 0 Å². The molecule has 6 rings (SSSR count). The zero-order valence-corrected chi connectivity index (χ0v) is 28.5. The molecule has 6 N–H and O–H groups in total. The van der Waals surface area contributed by atoms with E-state index in [0.717, 1.165) is 55.5 Å². The zero-order valence-electron chi connectivity index (χ0n) is 28.5. The number of likely N-dealkylation sites (tertiary alicyclic amines) is 1. The second-order valence-electron chi connectivity index (χ2n) is 13.4. The first-order chi connectivity index (χ1) is 24.2. The Morgan fingerprint density at radius 1 is 0.860 bits per heavy atom. The van der Waals surface area contributed by atoms with E-state index in [-0.39, 0.29) is 29.2 Å². The lowest BCUT2D eigenvalue weighted by Gasteiger charge is -2.42. The number of carbonyl (C=O) groups excluding carboxylic acids is 1. The van der Waals surface area contributed by atoms with Gasteiger partial charge in [-0.2, -0.15) is 0 Å². The number of phenols is 2. The Balaban J connectivity index is 0.995. The summed E-state index contributed by atoms with van der Waals surface area (Å²) >= 11 is 0. The average molecular weight is 675 g/mol. The van der Waals surface area contributed by atoms with Crippen molar-refractivity contribution in [2.75, 3.05) is 39.8 Å². The van der Waals surface area contributed by atoms with Crippen LogP contribution in [0.3, 0.4) is 0 Å². The molecule has 0 aliphatic carbocycles. The van der Waals surface area contributed by atoms with Gasteiger partial charge in [0.15, 0.2) is 0 Å². The highest BCUT2D eigenvalue weighted by molar-refractivity contribution is 5.94. The van der Waals surface area contributed by atoms with Crippen molar-refractivity contribution in [2.24, 2.45) is 0 Å². The molecule has 50 heavy (non-hydrogen) atoms. The van der Waals surface area contributed by atoms with Crippen molar-refractivity contribution in [1.82, 2.24) is 20.5 Å². The molecule has 1 saturated heterocycles. The summed E-state index contributed by atoms with van der Waals surface area (Å²) in [6, 6.07) is 30.2. The number of benzene rings is 4. The van der Waals surface area contributed by atoms with Gasteiger partial charge in [0.1, 0.15) is 11.5 Å². The number of aliphatic hydroxyl groups is 1. The van der Waals surface area contributed by atoms with E-state index in [9.17, 15) is 24.9 Å². The van der Waals surface area contributed by atoms with Crippen LogP contribution in [0.15, 0.2) is 102 Å². The fourth-order valence-electron chi connectivity index (χ4n) is 7.19. The maximum absolute atomic E-state index is 13.0. The molecule has 1 aromatic heterocycles. The number of hydrogen-bond donors (Lipinski definition) is 6. The number of aromatic amines is 1. The highest BCUT2D eigenvalue weighted by atomic mass is 16.3. The van der Waals surface area contributed by atoms with Crippen molar-refractivity contribution >= 4 is 16.8 Å². The minimum absolute atomic E-state index is 0.0446. The number of aromatic nitrogens is 1. The molecule has 1 atom stereocenters. The van der Waals surface area contributed by atoms with Crippen LogP contribution in [0.5, 0.6) is 11.5 Å². The number of nitrogens with zero attached hydrogens (tertiary/aromatic N) is 1. The third-order valence-corrected chi connectivity index (χ3v) is 10.1. The summed E-state index contributed by atoms with van der Waals surface area (Å²) in [5.41, 5.74) is 5.35. The number of amides is 1. The molecule has 0 unspecified atom stereocenters. The normalized spacial score (nSPS) is 15.2. The number of nitrogens with one attached hydrogen (secondary N) is 3. The monoisotopic (exact) mass is 674 g/mol. The third-order valence-electron chi connectivity index (χ3n) is 10.1. The first-order valence-corrected chi connectivity index (χ1v) is 17.4. The van der Waals surface area contributed by atoms with E-state index in [4.69, 9.17) is 0 Å². The summed E-state index contributed by atoms with van der Waals surface area (Å²) in [4.78, 5) is 29.7. The molecule has 1 fully saturated rings. The van der Waals surface area contributed by atoms with Crippen LogP contribution in [0.1, 0.15) is 63.5 Å². The molecular formula is C41H46N4O5. The summed E-state index contributed by atoms with van der Waals surface area (Å²) in [5, 5.41) is 38.9. The third kappa shape index (κ3) is 7.91. The number of fused-ring (bicyclic) bond motifs is 1. The SMILES string of the molecule is CN1CCC(c2ccccc2)(c2cc(CCCNC(=O)c3cccc(CCNC[C@H](O)c4ccc(O)c5[nH]c(=O)ccc45)c3)ccc2O)CC1. The van der Waals surface area contributed by atoms with E-state index in [1.165, 1.54) is 17.7 Å². The molecular weight excluding hydrogens is 628 g/mol. The number of H-pyrrole nitrogens is 1. The van der Waals surface area contributed by atoms with Gasteiger partial charge in [-0.1, -0.05) is 60.7 Å². The molecule has 1 aliphatic heterocycles. The predicted molar refractivity (Wildman–Crippen MR) is 197 cm³/mol. The minimum Gasteiger partial charge on any atom is -0.508 e. The second kappa shape index (κ2) is 15.7. The van der Waals surface area contributed by atoms with E-state index in [2.05, 4.69) is 57.9 Å². The Bertz CT molecular complexity index is 1990. The number of carbonyl (C=O) groups is 1. The molecule has 0 bridgehead atoms. The lowest BCUT2D eigenvalue weighted by atomic mass is 9.67. The average Bonchev–Trinajstić information content (AvgIpc) is 3.14. The Hall–Kier alpha value is -4.96. The minimum atomic E-state index is -0.839. The largest absolute Gasteiger partial charge is 0.508 e. The highest BCUT2D eigenvalue weighted by Gasteiger charge is 2.39.